The fourth-order valence-corrected chi connectivity index (χ4v) is 4.20. The van der Waals surface area contributed by atoms with Gasteiger partial charge < -0.3 is 10.2 Å². The van der Waals surface area contributed by atoms with E-state index in [-0.39, 0.29) is 0 Å². The first-order valence-electron chi connectivity index (χ1n) is 5.07. The van der Waals surface area contributed by atoms with Gasteiger partial charge in [-0.3, -0.25) is 0 Å². The van der Waals surface area contributed by atoms with Gasteiger partial charge in [-0.05, 0) is 53.8 Å². The Kier molecular flexibility index (Phi) is 1.89. The van der Waals surface area contributed by atoms with Crippen LogP contribution >= 0.6 is 7.53 Å². The smallest absolute Gasteiger partial charge is 0.116 e. The van der Waals surface area contributed by atoms with Crippen molar-refractivity contribution in [2.24, 2.45) is 6.66 Å². The maximum absolute atomic E-state index is 9.51. The van der Waals surface area contributed by atoms with Gasteiger partial charge >= 0.3 is 0 Å². The van der Waals surface area contributed by atoms with E-state index in [2.05, 4.69) is 6.66 Å². The zero-order valence-electron chi connectivity index (χ0n) is 8.81. The predicted octanol–water partition coefficient (Wildman–Crippen LogP) is 3.93. The van der Waals surface area contributed by atoms with E-state index in [0.29, 0.717) is 11.5 Å². The van der Waals surface area contributed by atoms with Crippen LogP contribution in [0.5, 0.6) is 11.5 Å². The van der Waals surface area contributed by atoms with Gasteiger partial charge in [0.1, 0.15) is 11.5 Å². The second-order valence-electron chi connectivity index (χ2n) is 3.96. The largest absolute Gasteiger partial charge is 0.508 e. The van der Waals surface area contributed by atoms with E-state index in [0.717, 1.165) is 0 Å². The Balaban J connectivity index is 2.59. The zero-order chi connectivity index (χ0) is 11.3. The maximum atomic E-state index is 9.51. The quantitative estimate of drug-likeness (QED) is 0.614. The molecule has 2 nitrogen and oxygen atoms in total. The summed E-state index contributed by atoms with van der Waals surface area (Å²) in [5.41, 5.74) is 0. The summed E-state index contributed by atoms with van der Waals surface area (Å²) >= 11 is 0. The molecule has 3 aromatic rings. The number of benzene rings is 2. The minimum Gasteiger partial charge on any atom is -0.508 e. The van der Waals surface area contributed by atoms with Crippen molar-refractivity contribution >= 4 is 28.5 Å². The van der Waals surface area contributed by atoms with Crippen LogP contribution in [0, 0.1) is 0 Å². The molecule has 0 bridgehead atoms. The van der Waals surface area contributed by atoms with Gasteiger partial charge in [-0.1, -0.05) is 0 Å². The van der Waals surface area contributed by atoms with Crippen LogP contribution in [0.2, 0.25) is 0 Å². The molecule has 0 atom stereocenters. The molecular weight excluding hydrogens is 219 g/mol. The first-order valence-corrected chi connectivity index (χ1v) is 6.86. The summed E-state index contributed by atoms with van der Waals surface area (Å²) in [4.78, 5) is 0. The molecule has 0 amide bonds. The molecule has 0 fully saturated rings. The number of fused-ring (bicyclic) bond motifs is 3. The third-order valence-electron chi connectivity index (χ3n) is 2.98. The average Bonchev–Trinajstić information content (AvgIpc) is 2.53. The van der Waals surface area contributed by atoms with E-state index in [4.69, 9.17) is 0 Å². The molecule has 3 heteroatoms. The Labute approximate surface area is 93.8 Å². The highest BCUT2D eigenvalue weighted by Gasteiger charge is 2.09. The van der Waals surface area contributed by atoms with Gasteiger partial charge in [0.2, 0.25) is 0 Å². The van der Waals surface area contributed by atoms with Crippen LogP contribution in [0.15, 0.2) is 36.4 Å². The molecule has 1 heterocycles. The van der Waals surface area contributed by atoms with Crippen LogP contribution in [0.1, 0.15) is 0 Å². The monoisotopic (exact) mass is 230 g/mol. The summed E-state index contributed by atoms with van der Waals surface area (Å²) in [7, 11) is -0.449. The van der Waals surface area contributed by atoms with Gasteiger partial charge in [-0.2, -0.15) is 0 Å². The second-order valence-corrected chi connectivity index (χ2v) is 6.04. The Morgan fingerprint density at radius 3 is 1.69 bits per heavy atom. The highest BCUT2D eigenvalue weighted by Crippen LogP contribution is 2.48. The molecule has 0 saturated carbocycles. The molecule has 0 aliphatic rings. The molecule has 2 aromatic carbocycles. The van der Waals surface area contributed by atoms with Crippen molar-refractivity contribution < 1.29 is 10.2 Å². The van der Waals surface area contributed by atoms with Crippen LogP contribution in [-0.2, 0) is 6.66 Å². The van der Waals surface area contributed by atoms with Crippen molar-refractivity contribution in [3.63, 3.8) is 0 Å². The molecule has 0 radical (unpaired) electrons. The minimum absolute atomic E-state index is 0.310. The van der Waals surface area contributed by atoms with Gasteiger partial charge in [0.15, 0.2) is 0 Å². The number of rotatable bonds is 0. The molecule has 0 unspecified atom stereocenters. The highest BCUT2D eigenvalue weighted by molar-refractivity contribution is 7.59. The van der Waals surface area contributed by atoms with E-state index in [9.17, 15) is 10.2 Å². The van der Waals surface area contributed by atoms with Crippen LogP contribution < -0.4 is 0 Å². The molecule has 1 aromatic heterocycles. The predicted molar refractivity (Wildman–Crippen MR) is 68.5 cm³/mol. The first kappa shape index (κ1) is 9.56. The lowest BCUT2D eigenvalue weighted by molar-refractivity contribution is 0.475. The number of aryl methyl sites for hydroxylation is 1. The summed E-state index contributed by atoms with van der Waals surface area (Å²) in [6.07, 6.45) is 0. The summed E-state index contributed by atoms with van der Waals surface area (Å²) in [5, 5.41) is 23.8. The molecule has 2 N–H and O–H groups in total. The highest BCUT2D eigenvalue weighted by atomic mass is 31.1. The molecule has 80 valence electrons. The van der Waals surface area contributed by atoms with Crippen molar-refractivity contribution in [2.45, 2.75) is 0 Å². The normalized spacial score (nSPS) is 11.3. The van der Waals surface area contributed by atoms with Crippen LogP contribution in [0.3, 0.4) is 0 Å². The molecule has 0 spiro atoms. The Bertz CT molecular complexity index is 639. The Morgan fingerprint density at radius 2 is 1.25 bits per heavy atom. The number of hydrogen-bond donors (Lipinski definition) is 2. The van der Waals surface area contributed by atoms with E-state index in [1.165, 1.54) is 21.0 Å². The molecule has 0 aliphatic heterocycles. The van der Waals surface area contributed by atoms with E-state index in [1.54, 1.807) is 12.1 Å². The number of hydrogen-bond acceptors (Lipinski definition) is 2. The van der Waals surface area contributed by atoms with Crippen LogP contribution in [0.25, 0.3) is 21.0 Å². The first-order chi connectivity index (χ1) is 7.66. The Hall–Kier alpha value is -1.66. The number of phenolic OH excluding ortho intramolecular Hbond substituents is 2. The molecule has 3 rings (SSSR count). The van der Waals surface area contributed by atoms with Gasteiger partial charge in [0.05, 0.1) is 0 Å². The molecular formula is C13H11O2P. The fourth-order valence-electron chi connectivity index (χ4n) is 2.18. The summed E-state index contributed by atoms with van der Waals surface area (Å²) in [5.74, 6) is 0.621. The third kappa shape index (κ3) is 1.20. The van der Waals surface area contributed by atoms with Gasteiger partial charge in [-0.25, -0.2) is 0 Å². The van der Waals surface area contributed by atoms with E-state index >= 15 is 0 Å². The lowest BCUT2D eigenvalue weighted by Gasteiger charge is -1.94. The zero-order valence-corrected chi connectivity index (χ0v) is 9.70. The summed E-state index contributed by atoms with van der Waals surface area (Å²) in [6.45, 7) is 2.15. The summed E-state index contributed by atoms with van der Waals surface area (Å²) < 4.78 is 0. The summed E-state index contributed by atoms with van der Waals surface area (Å²) in [6, 6.07) is 11.0. The minimum atomic E-state index is -0.449. The van der Waals surface area contributed by atoms with Crippen LogP contribution in [-0.4, -0.2) is 10.2 Å². The molecule has 0 saturated heterocycles. The van der Waals surface area contributed by atoms with Gasteiger partial charge in [0.25, 0.3) is 0 Å². The second kappa shape index (κ2) is 3.16. The van der Waals surface area contributed by atoms with Crippen molar-refractivity contribution in [3.05, 3.63) is 36.4 Å². The van der Waals surface area contributed by atoms with E-state index < -0.39 is 7.53 Å². The van der Waals surface area contributed by atoms with Crippen molar-refractivity contribution in [2.75, 3.05) is 0 Å². The fraction of sp³-hybridized carbons (Fsp3) is 0.0769. The number of aromatic hydroxyl groups is 2. The molecule has 0 aliphatic carbocycles. The van der Waals surface area contributed by atoms with Crippen molar-refractivity contribution in [1.29, 1.82) is 0 Å². The van der Waals surface area contributed by atoms with Crippen LogP contribution in [0.4, 0.5) is 0 Å². The van der Waals surface area contributed by atoms with Gasteiger partial charge in [-0.15, -0.1) is 7.53 Å². The SMILES string of the molecule is Cp1c2cc(O)ccc2c2ccc(O)cc21. The standard InChI is InChI=1S/C13H11O2P/c1-16-12-6-8(14)2-4-10(12)11-5-3-9(15)7-13(11)16/h2-7,14-15H,1H3. The lowest BCUT2D eigenvalue weighted by atomic mass is 10.1. The van der Waals surface area contributed by atoms with Gasteiger partial charge in [0, 0.05) is 10.2 Å². The van der Waals surface area contributed by atoms with Crippen molar-refractivity contribution in [3.8, 4) is 11.5 Å². The van der Waals surface area contributed by atoms with E-state index in [1.807, 2.05) is 24.3 Å². The third-order valence-corrected chi connectivity index (χ3v) is 5.16. The number of phenols is 2. The lowest BCUT2D eigenvalue weighted by Crippen LogP contribution is -1.66. The maximum Gasteiger partial charge on any atom is 0.116 e. The van der Waals surface area contributed by atoms with Crippen molar-refractivity contribution in [1.82, 2.24) is 0 Å². The average molecular weight is 230 g/mol. The topological polar surface area (TPSA) is 40.5 Å². The Morgan fingerprint density at radius 1 is 0.812 bits per heavy atom. The molecule has 16 heavy (non-hydrogen) atoms.